The quantitative estimate of drug-likeness (QED) is 0.555. The number of amides is 2. The number of carbonyl (C=O) groups is 2. The molecule has 0 bridgehead atoms. The molecule has 2 aliphatic heterocycles. The minimum absolute atomic E-state index is 0.264. The summed E-state index contributed by atoms with van der Waals surface area (Å²) in [6, 6.07) is 6.26. The van der Waals surface area contributed by atoms with Crippen molar-refractivity contribution in [2.24, 2.45) is 0 Å². The van der Waals surface area contributed by atoms with Gasteiger partial charge in [-0.15, -0.1) is 0 Å². The Morgan fingerprint density at radius 3 is 2.83 bits per heavy atom. The van der Waals surface area contributed by atoms with E-state index in [4.69, 9.17) is 13.8 Å². The molecule has 1 aromatic carbocycles. The van der Waals surface area contributed by atoms with E-state index in [1.807, 2.05) is 0 Å². The molecule has 2 atom stereocenters. The van der Waals surface area contributed by atoms with Crippen LogP contribution in [0.15, 0.2) is 41.1 Å². The molecule has 0 radical (unpaired) electrons. The molecule has 1 N–H and O–H groups in total. The highest BCUT2D eigenvalue weighted by Gasteiger charge is 2.33. The maximum absolute atomic E-state index is 15.0. The zero-order valence-electron chi connectivity index (χ0n) is 20.3. The minimum Gasteiger partial charge on any atom is -0.603 e. The summed E-state index contributed by atoms with van der Waals surface area (Å²) in [5.41, 5.74) is 0.950. The summed E-state index contributed by atoms with van der Waals surface area (Å²) in [6.45, 7) is 6.51. The maximum atomic E-state index is 15.0. The van der Waals surface area contributed by atoms with Crippen LogP contribution in [0.25, 0.3) is 5.57 Å². The van der Waals surface area contributed by atoms with E-state index in [2.05, 4.69) is 10.5 Å². The van der Waals surface area contributed by atoms with Gasteiger partial charge in [0.2, 0.25) is 13.8 Å². The van der Waals surface area contributed by atoms with Gasteiger partial charge in [0.25, 0.3) is 5.91 Å². The zero-order valence-corrected chi connectivity index (χ0v) is 21.2. The monoisotopic (exact) mass is 518 g/mol. The Morgan fingerprint density at radius 2 is 2.19 bits per heavy atom. The van der Waals surface area contributed by atoms with E-state index >= 15 is 4.39 Å². The summed E-state index contributed by atoms with van der Waals surface area (Å²) in [5, 5.41) is 6.75. The molecule has 1 unspecified atom stereocenters. The number of anilines is 2. The number of hydrogen-bond acceptors (Lipinski definition) is 8. The first kappa shape index (κ1) is 25.8. The fraction of sp³-hybridized carbons (Fsp3) is 0.417. The molecule has 1 saturated heterocycles. The van der Waals surface area contributed by atoms with Gasteiger partial charge in [0.15, 0.2) is 5.82 Å². The smallest absolute Gasteiger partial charge is 0.414 e. The Bertz CT molecular complexity index is 1180. The van der Waals surface area contributed by atoms with E-state index in [9.17, 15) is 14.5 Å². The number of ether oxygens (including phenoxy) is 1. The second-order valence-corrected chi connectivity index (χ2v) is 10.4. The van der Waals surface area contributed by atoms with E-state index in [1.165, 1.54) is 22.1 Å². The van der Waals surface area contributed by atoms with Crippen molar-refractivity contribution in [1.82, 2.24) is 10.1 Å². The summed E-state index contributed by atoms with van der Waals surface area (Å²) in [5.74, 6) is 0.763. The molecule has 0 aliphatic carbocycles. The van der Waals surface area contributed by atoms with Crippen molar-refractivity contribution in [3.63, 3.8) is 0 Å². The van der Waals surface area contributed by atoms with Gasteiger partial charge in [-0.05, 0) is 51.0 Å². The van der Waals surface area contributed by atoms with Gasteiger partial charge in [0.05, 0.1) is 18.8 Å². The number of rotatable bonds is 7. The van der Waals surface area contributed by atoms with Gasteiger partial charge in [0, 0.05) is 24.7 Å². The highest BCUT2D eigenvalue weighted by molar-refractivity contribution is 7.47. The number of halogens is 1. The molecule has 192 valence electrons. The number of hydrogen-bond donors (Lipinski definition) is 1. The first-order valence-electron chi connectivity index (χ1n) is 11.5. The summed E-state index contributed by atoms with van der Waals surface area (Å²) in [4.78, 5) is 39.7. The van der Waals surface area contributed by atoms with Gasteiger partial charge in [-0.3, -0.25) is 9.69 Å². The lowest BCUT2D eigenvalue weighted by Gasteiger charge is -2.25. The average Bonchev–Trinajstić information content (AvgIpc) is 3.46. The number of nitrogens with one attached hydrogen (secondary N) is 1. The maximum Gasteiger partial charge on any atom is 0.414 e. The number of benzene rings is 1. The molecule has 2 aliphatic rings. The SMILES string of the molecule is CC(C)(C)O[P+]([O-])=CC(=O)N1CC=C(c2ccc(N3C[C@H](CNc4ccon4)OC3=O)cc2F)CC1. The van der Waals surface area contributed by atoms with Gasteiger partial charge >= 0.3 is 6.09 Å². The molecule has 3 heterocycles. The van der Waals surface area contributed by atoms with Crippen LogP contribution in [0, 0.1) is 5.82 Å². The van der Waals surface area contributed by atoms with Crippen molar-refractivity contribution in [2.45, 2.75) is 38.9 Å². The minimum atomic E-state index is -2.22. The van der Waals surface area contributed by atoms with Gasteiger partial charge in [-0.25, -0.2) is 9.18 Å². The van der Waals surface area contributed by atoms with E-state index in [-0.39, 0.29) is 19.0 Å². The van der Waals surface area contributed by atoms with E-state index in [0.29, 0.717) is 36.6 Å². The predicted molar refractivity (Wildman–Crippen MR) is 132 cm³/mol. The van der Waals surface area contributed by atoms with E-state index < -0.39 is 31.6 Å². The highest BCUT2D eigenvalue weighted by Crippen LogP contribution is 2.30. The lowest BCUT2D eigenvalue weighted by Crippen LogP contribution is -2.35. The van der Waals surface area contributed by atoms with Crippen molar-refractivity contribution in [2.75, 3.05) is 36.4 Å². The number of carbonyl (C=O) groups excluding carboxylic acids is 2. The second-order valence-electron chi connectivity index (χ2n) is 9.43. The van der Waals surface area contributed by atoms with Crippen LogP contribution in [0.5, 0.6) is 0 Å². The normalized spacial score (nSPS) is 18.8. The number of nitrogens with zero attached hydrogens (tertiary/aromatic N) is 3. The van der Waals surface area contributed by atoms with Crippen LogP contribution in [-0.4, -0.2) is 65.7 Å². The Morgan fingerprint density at radius 1 is 1.39 bits per heavy atom. The number of cyclic esters (lactones) is 1. The molecule has 0 spiro atoms. The number of aromatic nitrogens is 1. The third-order valence-corrected chi connectivity index (χ3v) is 6.69. The van der Waals surface area contributed by atoms with Crippen LogP contribution in [-0.2, 0) is 14.1 Å². The molecule has 1 aromatic heterocycles. The van der Waals surface area contributed by atoms with Crippen LogP contribution in [0.2, 0.25) is 0 Å². The Hall–Kier alpha value is -3.27. The predicted octanol–water partition coefficient (Wildman–Crippen LogP) is 3.16. The van der Waals surface area contributed by atoms with Crippen molar-refractivity contribution in [3.8, 4) is 0 Å². The second kappa shape index (κ2) is 10.8. The summed E-state index contributed by atoms with van der Waals surface area (Å²) >= 11 is 0. The fourth-order valence-corrected chi connectivity index (χ4v) is 4.81. The van der Waals surface area contributed by atoms with Gasteiger partial charge < -0.3 is 24.4 Å². The molecule has 1 fully saturated rings. The Balaban J connectivity index is 1.36. The van der Waals surface area contributed by atoms with Crippen molar-refractivity contribution >= 4 is 42.9 Å². The molecule has 12 heteroatoms. The molecule has 0 saturated carbocycles. The fourth-order valence-electron chi connectivity index (χ4n) is 3.88. The third kappa shape index (κ3) is 6.48. The molecular formula is C24H28FN4O6P. The van der Waals surface area contributed by atoms with Crippen LogP contribution < -0.4 is 15.1 Å². The summed E-state index contributed by atoms with van der Waals surface area (Å²) in [6.07, 6.45) is 2.67. The zero-order chi connectivity index (χ0) is 25.9. The van der Waals surface area contributed by atoms with Gasteiger partial charge in [-0.1, -0.05) is 11.2 Å². The van der Waals surface area contributed by atoms with Crippen LogP contribution >= 0.6 is 8.00 Å². The molecular weight excluding hydrogens is 490 g/mol. The van der Waals surface area contributed by atoms with E-state index in [1.54, 1.807) is 45.0 Å². The lowest BCUT2D eigenvalue weighted by atomic mass is 9.98. The molecule has 2 amide bonds. The van der Waals surface area contributed by atoms with Crippen LogP contribution in [0.3, 0.4) is 0 Å². The Labute approximate surface area is 209 Å². The molecule has 2 aromatic rings. The largest absolute Gasteiger partial charge is 0.603 e. The van der Waals surface area contributed by atoms with Crippen LogP contribution in [0.1, 0.15) is 32.8 Å². The first-order valence-corrected chi connectivity index (χ1v) is 12.7. The molecule has 4 rings (SSSR count). The van der Waals surface area contributed by atoms with Crippen LogP contribution in [0.4, 0.5) is 20.7 Å². The van der Waals surface area contributed by atoms with Crippen molar-refractivity contribution < 1.29 is 32.7 Å². The third-order valence-electron chi connectivity index (χ3n) is 5.53. The summed E-state index contributed by atoms with van der Waals surface area (Å²) < 4.78 is 30.4. The lowest BCUT2D eigenvalue weighted by molar-refractivity contribution is -0.179. The molecule has 10 nitrogen and oxygen atoms in total. The van der Waals surface area contributed by atoms with E-state index in [0.717, 1.165) is 11.4 Å². The highest BCUT2D eigenvalue weighted by atomic mass is 31.1. The van der Waals surface area contributed by atoms with Gasteiger partial charge in [-0.2, -0.15) is 4.52 Å². The van der Waals surface area contributed by atoms with Crippen molar-refractivity contribution in [3.05, 3.63) is 48.0 Å². The standard InChI is InChI=1S/C24H28FN4O6P/c1-24(2,3)35-36(32)15-22(30)28-9-6-16(7-10-28)19-5-4-17(12-20(19)25)29-14-18(34-23(29)31)13-26-21-8-11-33-27-21/h4-6,8,11-12,15,18H,7,9-10,13-14H2,1-3H3,(H,26,27)/t18-/m0/s1. The van der Waals surface area contributed by atoms with Gasteiger partial charge in [0.1, 0.15) is 23.8 Å². The average molecular weight is 518 g/mol. The van der Waals surface area contributed by atoms with Crippen molar-refractivity contribution in [1.29, 1.82) is 0 Å². The first-order chi connectivity index (χ1) is 17.1. The topological polar surface area (TPSA) is 120 Å². The summed E-state index contributed by atoms with van der Waals surface area (Å²) in [7, 11) is -2.22. The molecule has 36 heavy (non-hydrogen) atoms. The Kier molecular flexibility index (Phi) is 7.73.